The number of benzene rings is 1. The maximum Gasteiger partial charge on any atom is 0.258 e. The van der Waals surface area contributed by atoms with E-state index in [2.05, 4.69) is 25.2 Å². The fourth-order valence-electron chi connectivity index (χ4n) is 3.03. The van der Waals surface area contributed by atoms with Crippen LogP contribution in [0.25, 0.3) is 0 Å². The number of aryl methyl sites for hydroxylation is 1. The molecule has 0 saturated heterocycles. The van der Waals surface area contributed by atoms with Crippen molar-refractivity contribution >= 4 is 5.91 Å². The molecular weight excluding hydrogens is 290 g/mol. The van der Waals surface area contributed by atoms with E-state index in [9.17, 15) is 4.79 Å². The van der Waals surface area contributed by atoms with E-state index in [4.69, 9.17) is 9.84 Å². The number of ether oxygens (including phenoxy) is 1. The van der Waals surface area contributed by atoms with Gasteiger partial charge in [-0.2, -0.15) is 0 Å². The van der Waals surface area contributed by atoms with Gasteiger partial charge in [0.25, 0.3) is 5.91 Å². The Bertz CT molecular complexity index is 519. The Morgan fingerprint density at radius 3 is 2.61 bits per heavy atom. The van der Waals surface area contributed by atoms with E-state index in [1.165, 1.54) is 5.56 Å². The first-order valence-electron chi connectivity index (χ1n) is 8.63. The lowest BCUT2D eigenvalue weighted by atomic mass is 9.86. The quantitative estimate of drug-likeness (QED) is 0.847. The molecule has 1 aromatic carbocycles. The highest BCUT2D eigenvalue weighted by Crippen LogP contribution is 2.25. The van der Waals surface area contributed by atoms with E-state index < -0.39 is 0 Å². The Kier molecular flexibility index (Phi) is 6.46. The van der Waals surface area contributed by atoms with Crippen LogP contribution < -0.4 is 10.1 Å². The van der Waals surface area contributed by atoms with Gasteiger partial charge in [0.15, 0.2) is 6.61 Å². The third-order valence-corrected chi connectivity index (χ3v) is 4.71. The summed E-state index contributed by atoms with van der Waals surface area (Å²) >= 11 is 0. The molecule has 4 heteroatoms. The fraction of sp³-hybridized carbons (Fsp3) is 0.632. The number of carbonyl (C=O) groups excluding carboxylic acids is 1. The maximum atomic E-state index is 12.1. The van der Waals surface area contributed by atoms with Gasteiger partial charge in [-0.15, -0.1) is 0 Å². The van der Waals surface area contributed by atoms with Crippen molar-refractivity contribution in [2.75, 3.05) is 13.2 Å². The van der Waals surface area contributed by atoms with Crippen molar-refractivity contribution in [2.24, 2.45) is 5.92 Å². The lowest BCUT2D eigenvalue weighted by molar-refractivity contribution is -0.124. The molecule has 1 fully saturated rings. The minimum atomic E-state index is -0.0631. The molecule has 0 unspecified atom stereocenters. The van der Waals surface area contributed by atoms with Gasteiger partial charge < -0.3 is 15.2 Å². The van der Waals surface area contributed by atoms with Crippen molar-refractivity contribution < 1.29 is 14.6 Å². The molecule has 1 aliphatic rings. The smallest absolute Gasteiger partial charge is 0.258 e. The molecule has 1 amide bonds. The number of hydrogen-bond donors (Lipinski definition) is 2. The monoisotopic (exact) mass is 319 g/mol. The zero-order valence-corrected chi connectivity index (χ0v) is 14.5. The summed E-state index contributed by atoms with van der Waals surface area (Å²) in [6.07, 6.45) is 3.85. The summed E-state index contributed by atoms with van der Waals surface area (Å²) in [6, 6.07) is 6.39. The third-order valence-electron chi connectivity index (χ3n) is 4.71. The van der Waals surface area contributed by atoms with E-state index >= 15 is 0 Å². The number of carbonyl (C=O) groups is 1. The second-order valence-electron chi connectivity index (χ2n) is 6.94. The zero-order valence-electron chi connectivity index (χ0n) is 14.5. The number of aliphatic hydroxyl groups excluding tert-OH is 1. The highest BCUT2D eigenvalue weighted by Gasteiger charge is 2.22. The van der Waals surface area contributed by atoms with Gasteiger partial charge in [-0.25, -0.2) is 0 Å². The molecule has 23 heavy (non-hydrogen) atoms. The second kappa shape index (κ2) is 8.34. The summed E-state index contributed by atoms with van der Waals surface area (Å²) in [7, 11) is 0. The fourth-order valence-corrected chi connectivity index (χ4v) is 3.03. The van der Waals surface area contributed by atoms with Gasteiger partial charge in [-0.1, -0.05) is 26.0 Å². The normalized spacial score (nSPS) is 21.3. The van der Waals surface area contributed by atoms with Gasteiger partial charge >= 0.3 is 0 Å². The van der Waals surface area contributed by atoms with Crippen molar-refractivity contribution in [2.45, 2.75) is 58.4 Å². The van der Waals surface area contributed by atoms with E-state index in [0.29, 0.717) is 11.8 Å². The topological polar surface area (TPSA) is 58.6 Å². The molecular formula is C19H29NO3. The maximum absolute atomic E-state index is 12.1. The van der Waals surface area contributed by atoms with Gasteiger partial charge in [0.1, 0.15) is 5.75 Å². The Balaban J connectivity index is 1.81. The average Bonchev–Trinajstić information content (AvgIpc) is 2.54. The van der Waals surface area contributed by atoms with Crippen molar-refractivity contribution in [1.29, 1.82) is 0 Å². The predicted molar refractivity (Wildman–Crippen MR) is 91.7 cm³/mol. The average molecular weight is 319 g/mol. The number of nitrogens with one attached hydrogen (secondary N) is 1. The second-order valence-corrected chi connectivity index (χ2v) is 6.94. The van der Waals surface area contributed by atoms with Crippen LogP contribution in [-0.2, 0) is 4.79 Å². The predicted octanol–water partition coefficient (Wildman–Crippen LogP) is 3.16. The molecule has 0 aliphatic heterocycles. The lowest BCUT2D eigenvalue weighted by Gasteiger charge is -2.27. The summed E-state index contributed by atoms with van der Waals surface area (Å²) in [5.41, 5.74) is 2.26. The van der Waals surface area contributed by atoms with Crippen molar-refractivity contribution in [1.82, 2.24) is 5.32 Å². The molecule has 1 aliphatic carbocycles. The number of aliphatic hydroxyl groups is 1. The molecule has 0 radical (unpaired) electrons. The van der Waals surface area contributed by atoms with Crippen molar-refractivity contribution in [3.63, 3.8) is 0 Å². The highest BCUT2D eigenvalue weighted by atomic mass is 16.5. The number of amides is 1. The van der Waals surface area contributed by atoms with E-state index in [1.54, 1.807) is 0 Å². The number of rotatable bonds is 6. The van der Waals surface area contributed by atoms with E-state index in [-0.39, 0.29) is 25.2 Å². The summed E-state index contributed by atoms with van der Waals surface area (Å²) < 4.78 is 5.72. The Labute approximate surface area is 139 Å². The summed E-state index contributed by atoms with van der Waals surface area (Å²) in [5, 5.41) is 12.2. The molecule has 128 valence electrons. The molecule has 0 heterocycles. The van der Waals surface area contributed by atoms with Crippen LogP contribution in [-0.4, -0.2) is 30.3 Å². The number of hydrogen-bond acceptors (Lipinski definition) is 3. The van der Waals surface area contributed by atoms with Crippen LogP contribution in [0.3, 0.4) is 0 Å². The molecule has 0 bridgehead atoms. The van der Waals surface area contributed by atoms with Crippen LogP contribution in [0, 0.1) is 12.8 Å². The van der Waals surface area contributed by atoms with E-state index in [1.807, 2.05) is 19.1 Å². The highest BCUT2D eigenvalue weighted by molar-refractivity contribution is 5.77. The molecule has 1 saturated carbocycles. The molecule has 1 aromatic rings. The molecule has 0 spiro atoms. The SMILES string of the molecule is Cc1ccc(C(C)C)cc1OCC(=O)NC1CCC(CO)CC1. The van der Waals surface area contributed by atoms with Crippen LogP contribution in [0.5, 0.6) is 5.75 Å². The lowest BCUT2D eigenvalue weighted by Crippen LogP contribution is -2.40. The van der Waals surface area contributed by atoms with Gasteiger partial charge in [0.2, 0.25) is 0 Å². The Hall–Kier alpha value is -1.55. The molecule has 4 nitrogen and oxygen atoms in total. The summed E-state index contributed by atoms with van der Waals surface area (Å²) in [4.78, 5) is 12.1. The first-order chi connectivity index (χ1) is 11.0. The molecule has 0 aromatic heterocycles. The molecule has 2 N–H and O–H groups in total. The zero-order chi connectivity index (χ0) is 16.8. The van der Waals surface area contributed by atoms with Crippen LogP contribution in [0.15, 0.2) is 18.2 Å². The standard InChI is InChI=1S/C19H29NO3/c1-13(2)16-7-4-14(3)18(10-16)23-12-19(22)20-17-8-5-15(11-21)6-9-17/h4,7,10,13,15,17,21H,5-6,8-9,11-12H2,1-3H3,(H,20,22). The van der Waals surface area contributed by atoms with Crippen molar-refractivity contribution in [3.8, 4) is 5.75 Å². The minimum Gasteiger partial charge on any atom is -0.483 e. The first kappa shape index (κ1) is 17.8. The van der Waals surface area contributed by atoms with Gasteiger partial charge in [-0.3, -0.25) is 4.79 Å². The van der Waals surface area contributed by atoms with Crippen LogP contribution in [0.2, 0.25) is 0 Å². The summed E-state index contributed by atoms with van der Waals surface area (Å²) in [6.45, 7) is 6.60. The van der Waals surface area contributed by atoms with E-state index in [0.717, 1.165) is 37.0 Å². The largest absolute Gasteiger partial charge is 0.483 e. The minimum absolute atomic E-state index is 0.0579. The van der Waals surface area contributed by atoms with Gasteiger partial charge in [0.05, 0.1) is 0 Å². The molecule has 0 atom stereocenters. The van der Waals surface area contributed by atoms with Gasteiger partial charge in [-0.05, 0) is 61.6 Å². The van der Waals surface area contributed by atoms with Crippen LogP contribution >= 0.6 is 0 Å². The van der Waals surface area contributed by atoms with Crippen LogP contribution in [0.4, 0.5) is 0 Å². The first-order valence-corrected chi connectivity index (χ1v) is 8.63. The van der Waals surface area contributed by atoms with Gasteiger partial charge in [0, 0.05) is 12.6 Å². The third kappa shape index (κ3) is 5.24. The Morgan fingerprint density at radius 1 is 1.30 bits per heavy atom. The van der Waals surface area contributed by atoms with Crippen LogP contribution in [0.1, 0.15) is 56.6 Å². The summed E-state index contributed by atoms with van der Waals surface area (Å²) in [5.74, 6) is 1.57. The Morgan fingerprint density at radius 2 is 2.00 bits per heavy atom. The van der Waals surface area contributed by atoms with Crippen molar-refractivity contribution in [3.05, 3.63) is 29.3 Å². The molecule has 2 rings (SSSR count).